The van der Waals surface area contributed by atoms with Gasteiger partial charge in [-0.05, 0) is 38.5 Å². The molecule has 2 aliphatic rings. The van der Waals surface area contributed by atoms with E-state index in [1.165, 1.54) is 4.90 Å². The van der Waals surface area contributed by atoms with E-state index in [9.17, 15) is 9.59 Å². The van der Waals surface area contributed by atoms with E-state index in [1.807, 2.05) is 0 Å². The highest BCUT2D eigenvalue weighted by Gasteiger charge is 2.48. The van der Waals surface area contributed by atoms with E-state index in [-0.39, 0.29) is 22.1 Å². The van der Waals surface area contributed by atoms with Gasteiger partial charge in [0.1, 0.15) is 6.61 Å². The van der Waals surface area contributed by atoms with E-state index in [4.69, 9.17) is 4.74 Å². The first-order valence-electron chi connectivity index (χ1n) is 6.49. The molecule has 1 saturated carbocycles. The minimum Gasteiger partial charge on any atom is -0.447 e. The van der Waals surface area contributed by atoms with E-state index >= 15 is 0 Å². The molecule has 0 aromatic carbocycles. The predicted molar refractivity (Wildman–Crippen MR) is 71.4 cm³/mol. The van der Waals surface area contributed by atoms with Gasteiger partial charge in [0.15, 0.2) is 0 Å². The molecule has 0 aromatic heterocycles. The molecule has 5 heteroatoms. The first-order chi connectivity index (χ1) is 8.32. The van der Waals surface area contributed by atoms with E-state index in [2.05, 4.69) is 36.7 Å². The Hall–Kier alpha value is -0.580. The second-order valence-electron chi connectivity index (χ2n) is 5.86. The van der Waals surface area contributed by atoms with Crippen LogP contribution in [0.1, 0.15) is 33.6 Å². The quantitative estimate of drug-likeness (QED) is 0.736. The van der Waals surface area contributed by atoms with Crippen molar-refractivity contribution in [1.29, 1.82) is 0 Å². The molecule has 2 rings (SSSR count). The number of imide groups is 1. The van der Waals surface area contributed by atoms with Crippen molar-refractivity contribution in [2.24, 2.45) is 17.8 Å². The van der Waals surface area contributed by atoms with Crippen LogP contribution in [0.15, 0.2) is 0 Å². The van der Waals surface area contributed by atoms with Crippen LogP contribution < -0.4 is 0 Å². The third-order valence-corrected chi connectivity index (χ3v) is 4.76. The number of ether oxygens (including phenoxy) is 1. The second-order valence-corrected chi connectivity index (χ2v) is 7.90. The van der Waals surface area contributed by atoms with Crippen molar-refractivity contribution in [3.05, 3.63) is 0 Å². The van der Waals surface area contributed by atoms with Gasteiger partial charge in [0.25, 0.3) is 0 Å². The number of amides is 2. The van der Waals surface area contributed by atoms with Gasteiger partial charge in [-0.25, -0.2) is 9.69 Å². The highest BCUT2D eigenvalue weighted by Crippen LogP contribution is 2.47. The van der Waals surface area contributed by atoms with Gasteiger partial charge in [0.05, 0.1) is 6.54 Å². The highest BCUT2D eigenvalue weighted by molar-refractivity contribution is 9.10. The smallest absolute Gasteiger partial charge is 0.416 e. The minimum atomic E-state index is -0.481. The number of carbonyl (C=O) groups is 2. The standard InChI is InChI=1S/C13H20BrNO3/c1-8-4-5-9(13(2,3)14)10(8)11(16)15-6-7-18-12(15)17/h8-10H,4-7H2,1-3H3/t8-,9+,10+/m1/s1. The van der Waals surface area contributed by atoms with Crippen LogP contribution >= 0.6 is 15.9 Å². The van der Waals surface area contributed by atoms with Crippen LogP contribution in [0.25, 0.3) is 0 Å². The summed E-state index contributed by atoms with van der Waals surface area (Å²) in [5.41, 5.74) is 0. The summed E-state index contributed by atoms with van der Waals surface area (Å²) in [6.07, 6.45) is 1.59. The third kappa shape index (κ3) is 2.42. The van der Waals surface area contributed by atoms with Crippen LogP contribution in [0.3, 0.4) is 0 Å². The van der Waals surface area contributed by atoms with E-state index in [1.54, 1.807) is 0 Å². The van der Waals surface area contributed by atoms with Gasteiger partial charge in [0, 0.05) is 10.2 Å². The summed E-state index contributed by atoms with van der Waals surface area (Å²) in [5.74, 6) is 0.464. The monoisotopic (exact) mass is 317 g/mol. The average Bonchev–Trinajstić information content (AvgIpc) is 2.82. The van der Waals surface area contributed by atoms with Crippen molar-refractivity contribution < 1.29 is 14.3 Å². The number of hydrogen-bond donors (Lipinski definition) is 0. The van der Waals surface area contributed by atoms with Gasteiger partial charge in [-0.15, -0.1) is 0 Å². The van der Waals surface area contributed by atoms with Crippen molar-refractivity contribution in [2.75, 3.05) is 13.2 Å². The minimum absolute atomic E-state index is 0.0555. The Morgan fingerprint density at radius 3 is 2.61 bits per heavy atom. The molecule has 2 fully saturated rings. The van der Waals surface area contributed by atoms with Gasteiger partial charge >= 0.3 is 6.09 Å². The lowest BCUT2D eigenvalue weighted by atomic mass is 9.82. The van der Waals surface area contributed by atoms with Crippen LogP contribution in [0.2, 0.25) is 0 Å². The van der Waals surface area contributed by atoms with E-state index < -0.39 is 6.09 Å². The van der Waals surface area contributed by atoms with Gasteiger partial charge in [0.2, 0.25) is 5.91 Å². The molecule has 102 valence electrons. The number of hydrogen-bond acceptors (Lipinski definition) is 3. The van der Waals surface area contributed by atoms with Crippen molar-refractivity contribution in [1.82, 2.24) is 4.90 Å². The molecular weight excluding hydrogens is 298 g/mol. The zero-order valence-electron chi connectivity index (χ0n) is 11.1. The summed E-state index contributed by atoms with van der Waals surface area (Å²) in [6, 6.07) is 0. The Balaban J connectivity index is 2.19. The number of nitrogens with zero attached hydrogens (tertiary/aromatic N) is 1. The van der Waals surface area contributed by atoms with Crippen molar-refractivity contribution in [2.45, 2.75) is 37.9 Å². The Morgan fingerprint density at radius 2 is 2.11 bits per heavy atom. The number of halogens is 1. The number of alkyl halides is 1. The summed E-state index contributed by atoms with van der Waals surface area (Å²) >= 11 is 3.68. The maximum absolute atomic E-state index is 12.5. The molecule has 1 saturated heterocycles. The Bertz CT molecular complexity index is 364. The third-order valence-electron chi connectivity index (χ3n) is 4.17. The number of rotatable bonds is 2. The van der Waals surface area contributed by atoms with E-state index in [0.29, 0.717) is 19.1 Å². The van der Waals surface area contributed by atoms with Crippen molar-refractivity contribution in [3.63, 3.8) is 0 Å². The Kier molecular flexibility index (Phi) is 3.72. The molecule has 1 heterocycles. The van der Waals surface area contributed by atoms with Gasteiger partial charge < -0.3 is 4.74 Å². The molecule has 4 nitrogen and oxygen atoms in total. The Labute approximate surface area is 116 Å². The van der Waals surface area contributed by atoms with Crippen LogP contribution in [-0.4, -0.2) is 34.4 Å². The summed E-state index contributed by atoms with van der Waals surface area (Å²) < 4.78 is 4.78. The topological polar surface area (TPSA) is 46.6 Å². The van der Waals surface area contributed by atoms with Gasteiger partial charge in [-0.2, -0.15) is 0 Å². The fraction of sp³-hybridized carbons (Fsp3) is 0.846. The fourth-order valence-corrected chi connectivity index (χ4v) is 3.67. The molecule has 3 atom stereocenters. The molecule has 2 amide bonds. The maximum atomic E-state index is 12.5. The lowest BCUT2D eigenvalue weighted by Gasteiger charge is -2.32. The second kappa shape index (κ2) is 4.83. The van der Waals surface area contributed by atoms with Crippen LogP contribution in [0, 0.1) is 17.8 Å². The molecule has 0 N–H and O–H groups in total. The summed E-state index contributed by atoms with van der Waals surface area (Å²) in [4.78, 5) is 25.3. The molecule has 1 aliphatic heterocycles. The molecule has 0 bridgehead atoms. The molecule has 0 spiro atoms. The first-order valence-corrected chi connectivity index (χ1v) is 7.28. The molecule has 18 heavy (non-hydrogen) atoms. The zero-order valence-corrected chi connectivity index (χ0v) is 12.7. The average molecular weight is 318 g/mol. The van der Waals surface area contributed by atoms with Crippen molar-refractivity contribution in [3.8, 4) is 0 Å². The SMILES string of the molecule is C[C@@H]1CC[C@H](C(C)(C)Br)[C@H]1C(=O)N1CCOC1=O. The largest absolute Gasteiger partial charge is 0.447 e. The zero-order chi connectivity index (χ0) is 13.5. The highest BCUT2D eigenvalue weighted by atomic mass is 79.9. The molecule has 0 aromatic rings. The van der Waals surface area contributed by atoms with E-state index in [0.717, 1.165) is 12.8 Å². The number of carbonyl (C=O) groups excluding carboxylic acids is 2. The number of cyclic esters (lactones) is 1. The summed E-state index contributed by atoms with van der Waals surface area (Å²) in [7, 11) is 0. The predicted octanol–water partition coefficient (Wildman–Crippen LogP) is 2.80. The molecule has 0 unspecified atom stereocenters. The van der Waals surface area contributed by atoms with Crippen LogP contribution in [0.4, 0.5) is 4.79 Å². The fourth-order valence-electron chi connectivity index (χ4n) is 3.16. The molecule has 0 radical (unpaired) electrons. The maximum Gasteiger partial charge on any atom is 0.416 e. The first kappa shape index (κ1) is 13.8. The van der Waals surface area contributed by atoms with Crippen LogP contribution in [-0.2, 0) is 9.53 Å². The molecule has 1 aliphatic carbocycles. The lowest BCUT2D eigenvalue weighted by Crippen LogP contribution is -2.43. The van der Waals surface area contributed by atoms with Gasteiger partial charge in [-0.3, -0.25) is 4.79 Å². The van der Waals surface area contributed by atoms with Crippen molar-refractivity contribution >= 4 is 27.9 Å². The molecular formula is C13H20BrNO3. The van der Waals surface area contributed by atoms with Crippen LogP contribution in [0.5, 0.6) is 0 Å². The van der Waals surface area contributed by atoms with Gasteiger partial charge in [-0.1, -0.05) is 22.9 Å². The summed E-state index contributed by atoms with van der Waals surface area (Å²) in [5, 5.41) is 0. The normalized spacial score (nSPS) is 32.8. The Morgan fingerprint density at radius 1 is 1.44 bits per heavy atom. The lowest BCUT2D eigenvalue weighted by molar-refractivity contribution is -0.134. The summed E-state index contributed by atoms with van der Waals surface area (Å²) in [6.45, 7) is 7.02.